The lowest BCUT2D eigenvalue weighted by molar-refractivity contribution is 0.532. The molecule has 0 saturated heterocycles. The minimum absolute atomic E-state index is 0.0825. The number of sulfone groups is 2. The molecule has 0 heterocycles. The summed E-state index contributed by atoms with van der Waals surface area (Å²) in [4.78, 5) is 0. The number of rotatable bonds is 3. The van der Waals surface area contributed by atoms with E-state index in [0.29, 0.717) is 0 Å². The van der Waals surface area contributed by atoms with Crippen LogP contribution >= 0.6 is 0 Å². The summed E-state index contributed by atoms with van der Waals surface area (Å²) in [5, 5.41) is 0. The molecule has 4 nitrogen and oxygen atoms in total. The van der Waals surface area contributed by atoms with Crippen LogP contribution in [0.15, 0.2) is 0 Å². The minimum atomic E-state index is -3.72. The van der Waals surface area contributed by atoms with E-state index in [1.807, 2.05) is 0 Å². The van der Waals surface area contributed by atoms with Crippen LogP contribution in [0.2, 0.25) is 0 Å². The molecule has 0 atom stereocenters. The van der Waals surface area contributed by atoms with Gasteiger partial charge in [-0.25, -0.2) is 16.8 Å². The highest BCUT2D eigenvalue weighted by atomic mass is 32.3. The first-order valence-corrected chi connectivity index (χ1v) is 8.75. The maximum Gasteiger partial charge on any atom is 0.172 e. The van der Waals surface area contributed by atoms with Gasteiger partial charge >= 0.3 is 0 Å². The molecule has 0 aliphatic carbocycles. The van der Waals surface area contributed by atoms with E-state index < -0.39 is 33.8 Å². The summed E-state index contributed by atoms with van der Waals surface area (Å²) in [6, 6.07) is 0. The quantitative estimate of drug-likeness (QED) is 0.796. The topological polar surface area (TPSA) is 68.3 Å². The third-order valence-electron chi connectivity index (χ3n) is 2.73. The lowest BCUT2D eigenvalue weighted by atomic mass is 10.3. The molecule has 0 aromatic rings. The van der Waals surface area contributed by atoms with Gasteiger partial charge in [-0.1, -0.05) is 6.92 Å². The van der Waals surface area contributed by atoms with Gasteiger partial charge in [0, 0.05) is 0 Å². The van der Waals surface area contributed by atoms with Crippen LogP contribution in [0.3, 0.4) is 0 Å². The Labute approximate surface area is 106 Å². The average molecular weight is 284 g/mol. The van der Waals surface area contributed by atoms with Gasteiger partial charge in [-0.3, -0.25) is 0 Å². The summed E-state index contributed by atoms with van der Waals surface area (Å²) in [7, 11) is -7.43. The van der Waals surface area contributed by atoms with E-state index in [-0.39, 0.29) is 6.42 Å². The van der Waals surface area contributed by atoms with Crippen molar-refractivity contribution in [3.05, 3.63) is 0 Å². The SMILES string of the molecule is CCC(S(=O)(=O)C(C)(C)C)S(=O)(=O)C(C)(C)C. The van der Waals surface area contributed by atoms with Crippen molar-refractivity contribution in [2.24, 2.45) is 0 Å². The highest BCUT2D eigenvalue weighted by Crippen LogP contribution is 2.32. The Bertz CT molecular complexity index is 415. The fourth-order valence-electron chi connectivity index (χ4n) is 1.39. The first-order chi connectivity index (χ1) is 7.19. The van der Waals surface area contributed by atoms with Crippen LogP contribution in [0.5, 0.6) is 0 Å². The van der Waals surface area contributed by atoms with Gasteiger partial charge in [-0.15, -0.1) is 0 Å². The summed E-state index contributed by atoms with van der Waals surface area (Å²) in [5.41, 5.74) is 0. The van der Waals surface area contributed by atoms with Crippen molar-refractivity contribution >= 4 is 19.7 Å². The van der Waals surface area contributed by atoms with Gasteiger partial charge in [0.2, 0.25) is 0 Å². The molecule has 0 fully saturated rings. The molecular weight excluding hydrogens is 260 g/mol. The molecule has 0 aromatic carbocycles. The Balaban J connectivity index is 5.90. The van der Waals surface area contributed by atoms with E-state index in [9.17, 15) is 16.8 Å². The maximum atomic E-state index is 12.3. The zero-order valence-electron chi connectivity index (χ0n) is 11.7. The molecule has 6 heteroatoms. The smallest absolute Gasteiger partial charge is 0.172 e. The van der Waals surface area contributed by atoms with Crippen molar-refractivity contribution in [2.45, 2.75) is 69.0 Å². The van der Waals surface area contributed by atoms with Crippen LogP contribution < -0.4 is 0 Å². The fourth-order valence-corrected chi connectivity index (χ4v) is 6.92. The summed E-state index contributed by atoms with van der Waals surface area (Å²) in [5.74, 6) is 0. The summed E-state index contributed by atoms with van der Waals surface area (Å²) in [6.45, 7) is 10.8. The van der Waals surface area contributed by atoms with E-state index in [4.69, 9.17) is 0 Å². The second-order valence-corrected chi connectivity index (χ2v) is 12.2. The molecule has 104 valence electrons. The predicted molar refractivity (Wildman–Crippen MR) is 71.4 cm³/mol. The summed E-state index contributed by atoms with van der Waals surface area (Å²) in [6.07, 6.45) is 0.0825. The van der Waals surface area contributed by atoms with Crippen molar-refractivity contribution in [1.29, 1.82) is 0 Å². The van der Waals surface area contributed by atoms with Gasteiger partial charge in [0.05, 0.1) is 9.49 Å². The molecule has 0 unspecified atom stereocenters. The van der Waals surface area contributed by atoms with Crippen molar-refractivity contribution in [3.8, 4) is 0 Å². The molecule has 0 aliphatic heterocycles. The Morgan fingerprint density at radius 2 is 1.00 bits per heavy atom. The normalized spacial score (nSPS) is 15.3. The largest absolute Gasteiger partial charge is 0.227 e. The van der Waals surface area contributed by atoms with Crippen molar-refractivity contribution < 1.29 is 16.8 Å². The van der Waals surface area contributed by atoms with E-state index >= 15 is 0 Å². The van der Waals surface area contributed by atoms with Crippen molar-refractivity contribution in [3.63, 3.8) is 0 Å². The Hall–Kier alpha value is -0.100. The van der Waals surface area contributed by atoms with Crippen molar-refractivity contribution in [2.75, 3.05) is 0 Å². The van der Waals surface area contributed by atoms with Crippen LogP contribution in [0.4, 0.5) is 0 Å². The van der Waals surface area contributed by atoms with Gasteiger partial charge in [-0.05, 0) is 48.0 Å². The van der Waals surface area contributed by atoms with Crippen LogP contribution in [0.25, 0.3) is 0 Å². The van der Waals surface area contributed by atoms with E-state index in [1.165, 1.54) is 41.5 Å². The van der Waals surface area contributed by atoms with Gasteiger partial charge in [-0.2, -0.15) is 0 Å². The molecule has 0 aromatic heterocycles. The van der Waals surface area contributed by atoms with Gasteiger partial charge in [0.1, 0.15) is 0 Å². The molecular formula is C11H24O4S2. The summed E-state index contributed by atoms with van der Waals surface area (Å²) >= 11 is 0. The minimum Gasteiger partial charge on any atom is -0.227 e. The molecule has 0 spiro atoms. The lowest BCUT2D eigenvalue weighted by Gasteiger charge is -2.30. The third-order valence-corrected chi connectivity index (χ3v) is 9.72. The first-order valence-electron chi connectivity index (χ1n) is 5.66. The molecule has 0 radical (unpaired) electrons. The molecule has 0 bridgehead atoms. The molecule has 0 aliphatic rings. The molecule has 0 saturated carbocycles. The van der Waals surface area contributed by atoms with E-state index in [1.54, 1.807) is 6.92 Å². The monoisotopic (exact) mass is 284 g/mol. The average Bonchev–Trinajstić information content (AvgIpc) is 1.99. The van der Waals surface area contributed by atoms with Crippen LogP contribution in [0, 0.1) is 0 Å². The second kappa shape index (κ2) is 4.53. The van der Waals surface area contributed by atoms with Gasteiger partial charge in [0.25, 0.3) is 0 Å². The lowest BCUT2D eigenvalue weighted by Crippen LogP contribution is -2.47. The number of hydrogen-bond donors (Lipinski definition) is 0. The van der Waals surface area contributed by atoms with E-state index in [2.05, 4.69) is 0 Å². The third kappa shape index (κ3) is 3.02. The number of hydrogen-bond acceptors (Lipinski definition) is 4. The zero-order chi connectivity index (χ0) is 14.3. The van der Waals surface area contributed by atoms with Gasteiger partial charge < -0.3 is 0 Å². The molecule has 0 amide bonds. The highest BCUT2D eigenvalue weighted by molar-refractivity contribution is 8.10. The molecule has 17 heavy (non-hydrogen) atoms. The highest BCUT2D eigenvalue weighted by Gasteiger charge is 2.48. The van der Waals surface area contributed by atoms with Crippen molar-refractivity contribution in [1.82, 2.24) is 0 Å². The standard InChI is InChI=1S/C11H24O4S2/c1-8-9(16(12,13)10(2,3)4)17(14,15)11(5,6)7/h9H,8H2,1-7H3. The Morgan fingerprint density at radius 1 is 0.765 bits per heavy atom. The maximum absolute atomic E-state index is 12.3. The second-order valence-electron chi connectivity index (χ2n) is 6.15. The Morgan fingerprint density at radius 3 is 1.12 bits per heavy atom. The van der Waals surface area contributed by atoms with Crippen LogP contribution in [0.1, 0.15) is 54.9 Å². The zero-order valence-corrected chi connectivity index (χ0v) is 13.4. The van der Waals surface area contributed by atoms with Crippen LogP contribution in [-0.4, -0.2) is 30.9 Å². The molecule has 0 N–H and O–H groups in total. The van der Waals surface area contributed by atoms with Gasteiger partial charge in [0.15, 0.2) is 24.3 Å². The summed E-state index contributed by atoms with van der Waals surface area (Å²) < 4.78 is 45.7. The fraction of sp³-hybridized carbons (Fsp3) is 1.00. The van der Waals surface area contributed by atoms with E-state index in [0.717, 1.165) is 0 Å². The molecule has 0 rings (SSSR count). The predicted octanol–water partition coefficient (Wildman–Crippen LogP) is 2.15. The first kappa shape index (κ1) is 16.9. The Kier molecular flexibility index (Phi) is 4.51. The van der Waals surface area contributed by atoms with Crippen LogP contribution in [-0.2, 0) is 19.7 Å².